The first kappa shape index (κ1) is 14.8. The topological polar surface area (TPSA) is 68.5 Å². The van der Waals surface area contributed by atoms with Gasteiger partial charge in [-0.2, -0.15) is 0 Å². The third kappa shape index (κ3) is 2.90. The summed E-state index contributed by atoms with van der Waals surface area (Å²) in [6, 6.07) is 4.17. The number of amides is 1. The first-order valence-corrected chi connectivity index (χ1v) is 8.82. The molecule has 1 amide bonds. The van der Waals surface area contributed by atoms with E-state index in [1.807, 2.05) is 22.4 Å². The first-order chi connectivity index (χ1) is 11.2. The molecule has 2 aliphatic rings. The van der Waals surface area contributed by atoms with Crippen molar-refractivity contribution in [2.75, 3.05) is 13.2 Å². The van der Waals surface area contributed by atoms with Crippen LogP contribution in [0.5, 0.6) is 0 Å². The minimum Gasteiger partial charge on any atom is -0.425 e. The molecule has 0 N–H and O–H groups in total. The molecule has 4 heterocycles. The van der Waals surface area contributed by atoms with E-state index in [2.05, 4.69) is 10.2 Å². The van der Waals surface area contributed by atoms with Crippen LogP contribution in [0.4, 0.5) is 0 Å². The maximum atomic E-state index is 12.8. The number of piperidine rings is 1. The van der Waals surface area contributed by atoms with Crippen molar-refractivity contribution in [2.45, 2.75) is 44.2 Å². The van der Waals surface area contributed by atoms with Crippen molar-refractivity contribution < 1.29 is 13.9 Å². The Hall–Kier alpha value is -1.73. The van der Waals surface area contributed by atoms with Gasteiger partial charge in [-0.05, 0) is 24.3 Å². The van der Waals surface area contributed by atoms with Crippen LogP contribution in [0.15, 0.2) is 21.9 Å². The molecule has 2 fully saturated rings. The Morgan fingerprint density at radius 3 is 3.13 bits per heavy atom. The van der Waals surface area contributed by atoms with Crippen molar-refractivity contribution in [3.63, 3.8) is 0 Å². The lowest BCUT2D eigenvalue weighted by Gasteiger charge is -2.39. The average Bonchev–Trinajstić information content (AvgIpc) is 3.26. The number of aryl methyl sites for hydroxylation is 1. The molecule has 3 atom stereocenters. The molecule has 0 radical (unpaired) electrons. The van der Waals surface area contributed by atoms with Gasteiger partial charge in [0.2, 0.25) is 17.7 Å². The lowest BCUT2D eigenvalue weighted by Crippen LogP contribution is -2.51. The van der Waals surface area contributed by atoms with E-state index in [0.29, 0.717) is 31.4 Å². The molecule has 0 aliphatic carbocycles. The standard InChI is InChI=1S/C16H19N3O3S/c1-10-17-18-16(22-10)11-7-14-13(4-5-21-14)19(9-11)15(20)8-12-3-2-6-23-12/h2-3,6,11,13-14H,4-5,7-9H2,1H3/t11-,13+,14+/m1/s1. The molecule has 0 bridgehead atoms. The summed E-state index contributed by atoms with van der Waals surface area (Å²) in [6.07, 6.45) is 2.29. The SMILES string of the molecule is Cc1nnc([C@@H]2C[C@@H]3OCC[C@@H]3N(C(=O)Cc3cccs3)C2)o1. The van der Waals surface area contributed by atoms with Crippen LogP contribution in [0.25, 0.3) is 0 Å². The summed E-state index contributed by atoms with van der Waals surface area (Å²) >= 11 is 1.62. The maximum absolute atomic E-state index is 12.8. The summed E-state index contributed by atoms with van der Waals surface area (Å²) in [7, 11) is 0. The zero-order valence-corrected chi connectivity index (χ0v) is 13.8. The monoisotopic (exact) mass is 333 g/mol. The Bertz CT molecular complexity index is 685. The van der Waals surface area contributed by atoms with E-state index < -0.39 is 0 Å². The van der Waals surface area contributed by atoms with Crippen molar-refractivity contribution in [1.82, 2.24) is 15.1 Å². The fraction of sp³-hybridized carbons (Fsp3) is 0.562. The van der Waals surface area contributed by atoms with Gasteiger partial charge in [0.25, 0.3) is 0 Å². The maximum Gasteiger partial charge on any atom is 0.228 e. The number of ether oxygens (including phenoxy) is 1. The molecular formula is C16H19N3O3S. The number of hydrogen-bond donors (Lipinski definition) is 0. The highest BCUT2D eigenvalue weighted by atomic mass is 32.1. The minimum atomic E-state index is 0.0582. The van der Waals surface area contributed by atoms with Crippen LogP contribution < -0.4 is 0 Å². The van der Waals surface area contributed by atoms with Crippen LogP contribution in [0.1, 0.15) is 35.4 Å². The Balaban J connectivity index is 1.54. The van der Waals surface area contributed by atoms with Crippen LogP contribution in [0.3, 0.4) is 0 Å². The van der Waals surface area contributed by atoms with Gasteiger partial charge in [0.05, 0.1) is 24.5 Å². The summed E-state index contributed by atoms with van der Waals surface area (Å²) in [5.74, 6) is 1.40. The van der Waals surface area contributed by atoms with Crippen LogP contribution in [-0.2, 0) is 16.0 Å². The van der Waals surface area contributed by atoms with Gasteiger partial charge in [-0.25, -0.2) is 0 Å². The summed E-state index contributed by atoms with van der Waals surface area (Å²) in [6.45, 7) is 3.14. The number of nitrogens with zero attached hydrogens (tertiary/aromatic N) is 3. The van der Waals surface area contributed by atoms with Crippen LogP contribution in [0, 0.1) is 6.92 Å². The number of aromatic nitrogens is 2. The summed E-state index contributed by atoms with van der Waals surface area (Å²) in [5, 5.41) is 10.1. The number of fused-ring (bicyclic) bond motifs is 1. The molecule has 0 aromatic carbocycles. The second kappa shape index (κ2) is 6.05. The normalized spacial score (nSPS) is 27.2. The predicted molar refractivity (Wildman–Crippen MR) is 84.3 cm³/mol. The van der Waals surface area contributed by atoms with Crippen LogP contribution >= 0.6 is 11.3 Å². The predicted octanol–water partition coefficient (Wildman–Crippen LogP) is 2.16. The van der Waals surface area contributed by atoms with Gasteiger partial charge in [0.15, 0.2) is 0 Å². The zero-order valence-electron chi connectivity index (χ0n) is 13.0. The smallest absolute Gasteiger partial charge is 0.228 e. The lowest BCUT2D eigenvalue weighted by molar-refractivity contribution is -0.136. The van der Waals surface area contributed by atoms with Crippen LogP contribution in [-0.4, -0.2) is 46.3 Å². The van der Waals surface area contributed by atoms with Gasteiger partial charge >= 0.3 is 0 Å². The molecule has 0 saturated carbocycles. The van der Waals surface area contributed by atoms with Crippen molar-refractivity contribution >= 4 is 17.2 Å². The van der Waals surface area contributed by atoms with E-state index in [4.69, 9.17) is 9.15 Å². The molecule has 7 heteroatoms. The van der Waals surface area contributed by atoms with E-state index >= 15 is 0 Å². The molecule has 2 aromatic rings. The molecule has 4 rings (SSSR count). The molecule has 0 unspecified atom stereocenters. The zero-order chi connectivity index (χ0) is 15.8. The fourth-order valence-corrected chi connectivity index (χ4v) is 4.25. The van der Waals surface area contributed by atoms with Gasteiger partial charge in [-0.15, -0.1) is 21.5 Å². The summed E-state index contributed by atoms with van der Waals surface area (Å²) < 4.78 is 11.4. The van der Waals surface area contributed by atoms with E-state index in [0.717, 1.165) is 17.7 Å². The number of rotatable bonds is 3. The molecule has 122 valence electrons. The average molecular weight is 333 g/mol. The highest BCUT2D eigenvalue weighted by Crippen LogP contribution is 2.36. The molecule has 6 nitrogen and oxygen atoms in total. The fourth-order valence-electron chi connectivity index (χ4n) is 3.55. The molecule has 2 saturated heterocycles. The molecule has 2 aliphatic heterocycles. The van der Waals surface area contributed by atoms with Crippen LogP contribution in [0.2, 0.25) is 0 Å². The van der Waals surface area contributed by atoms with Gasteiger partial charge in [0.1, 0.15) is 0 Å². The highest BCUT2D eigenvalue weighted by molar-refractivity contribution is 7.10. The van der Waals surface area contributed by atoms with Gasteiger partial charge < -0.3 is 14.1 Å². The Morgan fingerprint density at radius 2 is 2.39 bits per heavy atom. The molecule has 23 heavy (non-hydrogen) atoms. The molecular weight excluding hydrogens is 314 g/mol. The lowest BCUT2D eigenvalue weighted by atomic mass is 9.89. The van der Waals surface area contributed by atoms with Gasteiger partial charge in [-0.1, -0.05) is 6.07 Å². The Kier molecular flexibility index (Phi) is 3.90. The number of thiophene rings is 1. The quantitative estimate of drug-likeness (QED) is 0.861. The third-order valence-corrected chi connectivity index (χ3v) is 5.50. The minimum absolute atomic E-state index is 0.0582. The Morgan fingerprint density at radius 1 is 1.48 bits per heavy atom. The largest absolute Gasteiger partial charge is 0.425 e. The number of likely N-dealkylation sites (tertiary alicyclic amines) is 1. The van der Waals surface area contributed by atoms with Gasteiger partial charge in [-0.3, -0.25) is 4.79 Å². The van der Waals surface area contributed by atoms with Crippen molar-refractivity contribution in [3.8, 4) is 0 Å². The highest BCUT2D eigenvalue weighted by Gasteiger charge is 2.43. The van der Waals surface area contributed by atoms with E-state index in [1.165, 1.54) is 0 Å². The van der Waals surface area contributed by atoms with Crippen molar-refractivity contribution in [1.29, 1.82) is 0 Å². The number of carbonyl (C=O) groups is 1. The summed E-state index contributed by atoms with van der Waals surface area (Å²) in [5.41, 5.74) is 0. The first-order valence-electron chi connectivity index (χ1n) is 7.94. The Labute approximate surface area is 138 Å². The van der Waals surface area contributed by atoms with E-state index in [-0.39, 0.29) is 24.0 Å². The number of hydrogen-bond acceptors (Lipinski definition) is 6. The third-order valence-electron chi connectivity index (χ3n) is 4.63. The summed E-state index contributed by atoms with van der Waals surface area (Å²) in [4.78, 5) is 15.9. The van der Waals surface area contributed by atoms with Gasteiger partial charge in [0, 0.05) is 25.0 Å². The second-order valence-corrected chi connectivity index (χ2v) is 7.19. The molecule has 2 aromatic heterocycles. The van der Waals surface area contributed by atoms with Crippen molar-refractivity contribution in [3.05, 3.63) is 34.2 Å². The van der Waals surface area contributed by atoms with Crippen molar-refractivity contribution in [2.24, 2.45) is 0 Å². The second-order valence-electron chi connectivity index (χ2n) is 6.16. The van der Waals surface area contributed by atoms with E-state index in [9.17, 15) is 4.79 Å². The van der Waals surface area contributed by atoms with E-state index in [1.54, 1.807) is 18.3 Å². The molecule has 0 spiro atoms. The number of carbonyl (C=O) groups excluding carboxylic acids is 1.